The number of nitrogens with one attached hydrogen (secondary N) is 1. The summed E-state index contributed by atoms with van der Waals surface area (Å²) in [5, 5.41) is 2.69. The Bertz CT molecular complexity index is 1340. The number of amidine groups is 1. The number of hydrogen-bond acceptors (Lipinski definition) is 6. The molecule has 42 heavy (non-hydrogen) atoms. The van der Waals surface area contributed by atoms with E-state index in [-0.39, 0.29) is 30.5 Å². The number of rotatable bonds is 12. The molecule has 224 valence electrons. The zero-order valence-corrected chi connectivity index (χ0v) is 23.7. The summed E-state index contributed by atoms with van der Waals surface area (Å²) in [7, 11) is 1.96. The second-order valence-electron chi connectivity index (χ2n) is 10.6. The van der Waals surface area contributed by atoms with Crippen LogP contribution in [-0.2, 0) is 0 Å². The average Bonchev–Trinajstić information content (AvgIpc) is 3.81. The van der Waals surface area contributed by atoms with E-state index in [1.54, 1.807) is 23.2 Å². The van der Waals surface area contributed by atoms with E-state index in [1.165, 1.54) is 12.3 Å². The van der Waals surface area contributed by atoms with E-state index >= 15 is 0 Å². The minimum Gasteiger partial charge on any atom is -0.405 e. The molecule has 0 unspecified atom stereocenters. The number of aromatic nitrogens is 1. The molecule has 7 nitrogen and oxygen atoms in total. The van der Waals surface area contributed by atoms with Crippen molar-refractivity contribution in [3.63, 3.8) is 0 Å². The molecule has 2 aliphatic rings. The first-order valence-corrected chi connectivity index (χ1v) is 13.9. The molecule has 1 saturated heterocycles. The standard InChI is InChI=1S/C31H37F4N7/c1-20(40-30-25(32)5-4-6-26(30)33)15-21(9-12-36)16-39-31(29-24(22-7-8-22)17-38-18-27(29)37-2)41(3)23-10-13-42(14-11-23)19-28(34)35/h4-6,9,12,15,17-18,22-23,28,40H,1-2,7-8,10-11,13-14,16,19,36H2,3H3/b12-9-,21-15+,39-31?. The van der Waals surface area contributed by atoms with E-state index in [0.717, 1.165) is 36.1 Å². The summed E-state index contributed by atoms with van der Waals surface area (Å²) in [6.07, 6.45) is 9.25. The Morgan fingerprint density at radius 3 is 2.48 bits per heavy atom. The van der Waals surface area contributed by atoms with E-state index in [1.807, 2.05) is 13.2 Å². The molecule has 2 heterocycles. The van der Waals surface area contributed by atoms with Gasteiger partial charge in [-0.25, -0.2) is 17.6 Å². The maximum Gasteiger partial charge on any atom is 0.251 e. The van der Waals surface area contributed by atoms with Crippen LogP contribution in [0.5, 0.6) is 0 Å². The Kier molecular flexibility index (Phi) is 10.5. The van der Waals surface area contributed by atoms with Crippen LogP contribution in [0.25, 0.3) is 0 Å². The molecule has 0 atom stereocenters. The van der Waals surface area contributed by atoms with Gasteiger partial charge < -0.3 is 16.0 Å². The van der Waals surface area contributed by atoms with Crippen molar-refractivity contribution in [3.8, 4) is 0 Å². The van der Waals surface area contributed by atoms with Gasteiger partial charge in [0.25, 0.3) is 6.43 Å². The number of benzene rings is 1. The Labute approximate surface area is 244 Å². The second-order valence-corrected chi connectivity index (χ2v) is 10.6. The van der Waals surface area contributed by atoms with E-state index in [0.29, 0.717) is 48.9 Å². The van der Waals surface area contributed by atoms with Crippen LogP contribution in [0.4, 0.5) is 28.9 Å². The van der Waals surface area contributed by atoms with Crippen molar-refractivity contribution in [1.29, 1.82) is 0 Å². The zero-order chi connectivity index (χ0) is 30.2. The molecule has 0 bridgehead atoms. The highest BCUT2D eigenvalue weighted by Gasteiger charge is 2.33. The highest BCUT2D eigenvalue weighted by molar-refractivity contribution is 6.04. The molecular formula is C31H37F4N7. The van der Waals surface area contributed by atoms with E-state index in [2.05, 4.69) is 33.5 Å². The number of pyridine rings is 1. The number of anilines is 1. The van der Waals surface area contributed by atoms with Gasteiger partial charge in [0.1, 0.15) is 23.2 Å². The smallest absolute Gasteiger partial charge is 0.251 e. The van der Waals surface area contributed by atoms with Gasteiger partial charge in [0.2, 0.25) is 0 Å². The molecule has 0 amide bonds. The molecule has 1 aliphatic heterocycles. The molecule has 0 spiro atoms. The highest BCUT2D eigenvalue weighted by atomic mass is 19.3. The number of allylic oxidation sites excluding steroid dienone is 1. The number of halogens is 4. The van der Waals surface area contributed by atoms with Crippen molar-refractivity contribution in [1.82, 2.24) is 14.8 Å². The van der Waals surface area contributed by atoms with Crippen LogP contribution in [0.1, 0.15) is 42.7 Å². The van der Waals surface area contributed by atoms with Gasteiger partial charge in [-0.3, -0.25) is 19.9 Å². The number of nitrogens with two attached hydrogens (primary N) is 1. The van der Waals surface area contributed by atoms with Gasteiger partial charge in [0.15, 0.2) is 0 Å². The van der Waals surface area contributed by atoms with Crippen molar-refractivity contribution in [2.24, 2.45) is 15.7 Å². The Balaban J connectivity index is 1.66. The molecule has 2 aromatic rings. The maximum absolute atomic E-state index is 14.2. The molecule has 1 saturated carbocycles. The molecule has 1 aromatic heterocycles. The largest absolute Gasteiger partial charge is 0.405 e. The average molecular weight is 584 g/mol. The van der Waals surface area contributed by atoms with E-state index in [9.17, 15) is 17.6 Å². The van der Waals surface area contributed by atoms with Gasteiger partial charge in [0.05, 0.1) is 25.0 Å². The molecule has 1 aliphatic carbocycles. The Morgan fingerprint density at radius 2 is 1.88 bits per heavy atom. The summed E-state index contributed by atoms with van der Waals surface area (Å²) < 4.78 is 54.3. The van der Waals surface area contributed by atoms with Gasteiger partial charge in [-0.1, -0.05) is 12.6 Å². The fourth-order valence-electron chi connectivity index (χ4n) is 5.23. The quantitative estimate of drug-likeness (QED) is 0.139. The monoisotopic (exact) mass is 583 g/mol. The fraction of sp³-hybridized carbons (Fsp3) is 0.387. The molecular weight excluding hydrogens is 546 g/mol. The van der Waals surface area contributed by atoms with Crippen LogP contribution in [0.2, 0.25) is 0 Å². The summed E-state index contributed by atoms with van der Waals surface area (Å²) in [6, 6.07) is 3.66. The van der Waals surface area contributed by atoms with Crippen LogP contribution in [0, 0.1) is 11.6 Å². The summed E-state index contributed by atoms with van der Waals surface area (Å²) in [5.41, 5.74) is 8.82. The third-order valence-electron chi connectivity index (χ3n) is 7.53. The minimum atomic E-state index is -2.37. The lowest BCUT2D eigenvalue weighted by Gasteiger charge is -2.38. The Morgan fingerprint density at radius 1 is 1.19 bits per heavy atom. The predicted molar refractivity (Wildman–Crippen MR) is 161 cm³/mol. The van der Waals surface area contributed by atoms with E-state index in [4.69, 9.17) is 10.7 Å². The molecule has 11 heteroatoms. The summed E-state index contributed by atoms with van der Waals surface area (Å²) in [4.78, 5) is 17.6. The molecule has 2 fully saturated rings. The van der Waals surface area contributed by atoms with Crippen LogP contribution in [-0.4, -0.2) is 73.0 Å². The maximum atomic E-state index is 14.2. The lowest BCUT2D eigenvalue weighted by Crippen LogP contribution is -2.47. The zero-order valence-electron chi connectivity index (χ0n) is 23.7. The fourth-order valence-corrected chi connectivity index (χ4v) is 5.23. The first-order valence-electron chi connectivity index (χ1n) is 13.9. The summed E-state index contributed by atoms with van der Waals surface area (Å²) in [5.74, 6) is -0.447. The number of para-hydroxylation sites is 1. The lowest BCUT2D eigenvalue weighted by molar-refractivity contribution is 0.0667. The van der Waals surface area contributed by atoms with Gasteiger partial charge in [-0.05, 0) is 79.9 Å². The third kappa shape index (κ3) is 7.84. The van der Waals surface area contributed by atoms with Crippen molar-refractivity contribution in [2.45, 2.75) is 44.1 Å². The van der Waals surface area contributed by atoms with Crippen LogP contribution in [0.15, 0.2) is 76.8 Å². The van der Waals surface area contributed by atoms with Crippen molar-refractivity contribution in [3.05, 3.63) is 89.6 Å². The summed E-state index contributed by atoms with van der Waals surface area (Å²) in [6.45, 7) is 8.72. The SMILES string of the molecule is C=Nc1cncc(C2CC2)c1C(=NCC(/C=C\N)=C/C(=C)Nc1c(F)cccc1F)N(C)C1CCN(CC(F)F)CC1. The van der Waals surface area contributed by atoms with Crippen molar-refractivity contribution < 1.29 is 17.6 Å². The number of aliphatic imine (C=N–C) groups is 2. The minimum absolute atomic E-state index is 0.0636. The van der Waals surface area contributed by atoms with E-state index < -0.39 is 18.1 Å². The van der Waals surface area contributed by atoms with Crippen LogP contribution >= 0.6 is 0 Å². The van der Waals surface area contributed by atoms with Crippen molar-refractivity contribution in [2.75, 3.05) is 38.5 Å². The Hall–Kier alpha value is -3.99. The van der Waals surface area contributed by atoms with Gasteiger partial charge >= 0.3 is 0 Å². The molecule has 1 aromatic carbocycles. The van der Waals surface area contributed by atoms with Gasteiger partial charge in [-0.2, -0.15) is 0 Å². The predicted octanol–water partition coefficient (Wildman–Crippen LogP) is 6.00. The molecule has 3 N–H and O–H groups in total. The summed E-state index contributed by atoms with van der Waals surface area (Å²) >= 11 is 0. The third-order valence-corrected chi connectivity index (χ3v) is 7.53. The van der Waals surface area contributed by atoms with Crippen molar-refractivity contribution >= 4 is 23.9 Å². The van der Waals surface area contributed by atoms with Gasteiger partial charge in [-0.15, -0.1) is 0 Å². The normalized spacial score (nSPS) is 17.2. The second kappa shape index (κ2) is 14.3. The lowest BCUT2D eigenvalue weighted by atomic mass is 9.99. The number of piperidine rings is 1. The first-order chi connectivity index (χ1) is 20.2. The number of hydrogen-bond donors (Lipinski definition) is 2. The molecule has 4 rings (SSSR count). The highest BCUT2D eigenvalue weighted by Crippen LogP contribution is 2.44. The first kappa shape index (κ1) is 31.0. The van der Waals surface area contributed by atoms with Crippen LogP contribution in [0.3, 0.4) is 0 Å². The number of nitrogens with zero attached hydrogens (tertiary/aromatic N) is 5. The van der Waals surface area contributed by atoms with Crippen LogP contribution < -0.4 is 11.1 Å². The topological polar surface area (TPSA) is 82.1 Å². The number of likely N-dealkylation sites (tertiary alicyclic amines) is 1. The number of alkyl halides is 2. The molecule has 0 radical (unpaired) electrons. The van der Waals surface area contributed by atoms with Gasteiger partial charge in [0, 0.05) is 43.6 Å².